The van der Waals surface area contributed by atoms with Crippen LogP contribution in [0.5, 0.6) is 0 Å². The van der Waals surface area contributed by atoms with Gasteiger partial charge in [0.1, 0.15) is 17.5 Å². The molecule has 2 aliphatic rings. The molecule has 5 aromatic heterocycles. The SMILES string of the molecule is C1=CC2c3cc4c(cc3N(c3cccc(-n5c6ccccc6c6ccccc65)n3)C2C=C1)c1ccccc1n4-c1cccc(-c2cccc(-n3c4ccccc4c4ccccc43)n2)c1. The molecule has 0 radical (unpaired) electrons. The maximum Gasteiger partial charge on any atom is 0.140 e. The zero-order valence-electron chi connectivity index (χ0n) is 34.6. The summed E-state index contributed by atoms with van der Waals surface area (Å²) in [5.74, 6) is 2.90. The number of pyridine rings is 2. The van der Waals surface area contributed by atoms with Crippen molar-refractivity contribution in [1.29, 1.82) is 0 Å². The Morgan fingerprint density at radius 3 is 1.48 bits per heavy atom. The maximum atomic E-state index is 5.49. The molecular weight excluding hydrogens is 781 g/mol. The van der Waals surface area contributed by atoms with Crippen molar-refractivity contribution in [2.75, 3.05) is 4.90 Å². The van der Waals surface area contributed by atoms with E-state index >= 15 is 0 Å². The number of hydrogen-bond acceptors (Lipinski definition) is 3. The lowest BCUT2D eigenvalue weighted by atomic mass is 9.91. The van der Waals surface area contributed by atoms with Crippen LogP contribution in [0.25, 0.3) is 94.0 Å². The lowest BCUT2D eigenvalue weighted by Crippen LogP contribution is -2.29. The summed E-state index contributed by atoms with van der Waals surface area (Å²) in [6.45, 7) is 0. The van der Waals surface area contributed by atoms with Crippen molar-refractivity contribution in [2.24, 2.45) is 0 Å². The minimum Gasteiger partial charge on any atom is -0.318 e. The van der Waals surface area contributed by atoms with Gasteiger partial charge < -0.3 is 9.47 Å². The van der Waals surface area contributed by atoms with E-state index < -0.39 is 0 Å². The number of allylic oxidation sites excluding steroid dienone is 2. The molecular formula is C58H38N6. The third kappa shape index (κ3) is 5.02. The molecule has 0 saturated heterocycles. The zero-order chi connectivity index (χ0) is 41.9. The van der Waals surface area contributed by atoms with Crippen molar-refractivity contribution >= 4 is 76.9 Å². The number of rotatable bonds is 5. The van der Waals surface area contributed by atoms with Crippen LogP contribution in [0, 0.1) is 0 Å². The van der Waals surface area contributed by atoms with E-state index in [9.17, 15) is 0 Å². The summed E-state index contributed by atoms with van der Waals surface area (Å²) in [5.41, 5.74) is 12.5. The molecule has 0 fully saturated rings. The summed E-state index contributed by atoms with van der Waals surface area (Å²) in [6, 6.07) is 69.9. The minimum absolute atomic E-state index is 0.0864. The van der Waals surface area contributed by atoms with E-state index in [-0.39, 0.29) is 12.0 Å². The lowest BCUT2D eigenvalue weighted by molar-refractivity contribution is 0.737. The first kappa shape index (κ1) is 35.2. The molecule has 0 bridgehead atoms. The van der Waals surface area contributed by atoms with Crippen molar-refractivity contribution in [1.82, 2.24) is 23.7 Å². The van der Waals surface area contributed by atoms with Gasteiger partial charge in [0, 0.05) is 55.2 Å². The topological polar surface area (TPSA) is 43.8 Å². The van der Waals surface area contributed by atoms with Gasteiger partial charge in [-0.2, -0.15) is 0 Å². The van der Waals surface area contributed by atoms with Gasteiger partial charge in [0.15, 0.2) is 0 Å². The predicted octanol–water partition coefficient (Wildman–Crippen LogP) is 14.2. The molecule has 300 valence electrons. The monoisotopic (exact) mass is 818 g/mol. The van der Waals surface area contributed by atoms with Gasteiger partial charge >= 0.3 is 0 Å². The third-order valence-electron chi connectivity index (χ3n) is 13.6. The van der Waals surface area contributed by atoms with Gasteiger partial charge in [-0.05, 0) is 84.4 Å². The Kier molecular flexibility index (Phi) is 7.42. The number of anilines is 2. The fourth-order valence-corrected chi connectivity index (χ4v) is 10.9. The molecule has 1 aliphatic heterocycles. The highest BCUT2D eigenvalue weighted by Crippen LogP contribution is 2.50. The van der Waals surface area contributed by atoms with Gasteiger partial charge in [0.05, 0.1) is 44.8 Å². The molecule has 6 heterocycles. The van der Waals surface area contributed by atoms with Crippen molar-refractivity contribution < 1.29 is 0 Å². The largest absolute Gasteiger partial charge is 0.318 e. The number of aromatic nitrogens is 5. The van der Waals surface area contributed by atoms with Crippen molar-refractivity contribution in [2.45, 2.75) is 12.0 Å². The number of para-hydroxylation sites is 5. The second-order valence-electron chi connectivity index (χ2n) is 17.0. The smallest absolute Gasteiger partial charge is 0.140 e. The summed E-state index contributed by atoms with van der Waals surface area (Å²) >= 11 is 0. The fraction of sp³-hybridized carbons (Fsp3) is 0.0345. The first-order chi connectivity index (χ1) is 31.8. The van der Waals surface area contributed by atoms with Gasteiger partial charge in [-0.25, -0.2) is 9.97 Å². The van der Waals surface area contributed by atoms with E-state index in [4.69, 9.17) is 9.97 Å². The van der Waals surface area contributed by atoms with E-state index in [1.807, 2.05) is 0 Å². The van der Waals surface area contributed by atoms with Crippen LogP contribution in [0.4, 0.5) is 11.5 Å². The maximum absolute atomic E-state index is 5.49. The van der Waals surface area contributed by atoms with Crippen LogP contribution in [0.3, 0.4) is 0 Å². The van der Waals surface area contributed by atoms with Gasteiger partial charge in [-0.3, -0.25) is 9.13 Å². The number of benzene rings is 7. The normalized spacial score (nSPS) is 15.7. The predicted molar refractivity (Wildman–Crippen MR) is 264 cm³/mol. The summed E-state index contributed by atoms with van der Waals surface area (Å²) in [5, 5.41) is 7.33. The minimum atomic E-state index is 0.0864. The molecule has 64 heavy (non-hydrogen) atoms. The van der Waals surface area contributed by atoms with E-state index in [1.54, 1.807) is 0 Å². The van der Waals surface area contributed by atoms with Crippen molar-refractivity contribution in [3.05, 3.63) is 224 Å². The van der Waals surface area contributed by atoms with E-state index in [2.05, 4.69) is 237 Å². The molecule has 7 aromatic carbocycles. The molecule has 0 saturated carbocycles. The van der Waals surface area contributed by atoms with Gasteiger partial charge in [-0.15, -0.1) is 0 Å². The molecule has 2 unspecified atom stereocenters. The molecule has 0 amide bonds. The van der Waals surface area contributed by atoms with Crippen molar-refractivity contribution in [3.8, 4) is 28.6 Å². The standard InChI is InChI=1S/C58H38N6/c1-8-26-49-39(18-1)40-19-2-9-27-50(40)62(49)56-31-14-24-47(59-56)37-16-13-17-38(34-37)61-48-25-7-5-22-43(48)45-36-55-46(35-54(45)61)44-23-6-12-30-53(44)64(55)58-33-15-32-57(60-58)63-51-28-10-3-20-41(51)42-21-4-11-29-52(42)63/h1-36,44,53H. The van der Waals surface area contributed by atoms with Gasteiger partial charge in [0.2, 0.25) is 0 Å². The average molecular weight is 819 g/mol. The van der Waals surface area contributed by atoms with Crippen LogP contribution >= 0.6 is 0 Å². The van der Waals surface area contributed by atoms with Crippen LogP contribution in [0.15, 0.2) is 218 Å². The lowest BCUT2D eigenvalue weighted by Gasteiger charge is -2.28. The van der Waals surface area contributed by atoms with Crippen LogP contribution in [-0.4, -0.2) is 29.7 Å². The number of nitrogens with zero attached hydrogens (tertiary/aromatic N) is 6. The summed E-state index contributed by atoms with van der Waals surface area (Å²) in [4.78, 5) is 13.3. The molecule has 14 rings (SSSR count). The van der Waals surface area contributed by atoms with Crippen molar-refractivity contribution in [3.63, 3.8) is 0 Å². The van der Waals surface area contributed by atoms with Crippen LogP contribution < -0.4 is 4.90 Å². The Morgan fingerprint density at radius 1 is 0.359 bits per heavy atom. The first-order valence-electron chi connectivity index (χ1n) is 22.0. The molecule has 6 heteroatoms. The molecule has 0 N–H and O–H groups in total. The Hall–Kier alpha value is -8.48. The summed E-state index contributed by atoms with van der Waals surface area (Å²) in [6.07, 6.45) is 9.07. The average Bonchev–Trinajstić information content (AvgIpc) is 4.08. The summed E-state index contributed by atoms with van der Waals surface area (Å²) < 4.78 is 7.03. The Morgan fingerprint density at radius 2 is 0.859 bits per heavy atom. The highest BCUT2D eigenvalue weighted by Gasteiger charge is 2.39. The second kappa shape index (κ2) is 13.5. The zero-order valence-corrected chi connectivity index (χ0v) is 34.6. The number of hydrogen-bond donors (Lipinski definition) is 0. The second-order valence-corrected chi connectivity index (χ2v) is 17.0. The van der Waals surface area contributed by atoms with E-state index in [1.165, 1.54) is 54.6 Å². The van der Waals surface area contributed by atoms with E-state index in [0.29, 0.717) is 0 Å². The highest BCUT2D eigenvalue weighted by molar-refractivity contribution is 6.12. The Bertz CT molecular complexity index is 3850. The van der Waals surface area contributed by atoms with Crippen LogP contribution in [0.2, 0.25) is 0 Å². The molecule has 1 aliphatic carbocycles. The Labute approximate surface area is 368 Å². The quantitative estimate of drug-likeness (QED) is 0.174. The number of fused-ring (bicyclic) bond motifs is 12. The van der Waals surface area contributed by atoms with Gasteiger partial charge in [-0.1, -0.05) is 140 Å². The fourth-order valence-electron chi connectivity index (χ4n) is 10.9. The summed E-state index contributed by atoms with van der Waals surface area (Å²) in [7, 11) is 0. The first-order valence-corrected chi connectivity index (χ1v) is 22.0. The molecule has 12 aromatic rings. The van der Waals surface area contributed by atoms with Gasteiger partial charge in [0.25, 0.3) is 0 Å². The van der Waals surface area contributed by atoms with Crippen LogP contribution in [-0.2, 0) is 0 Å². The third-order valence-corrected chi connectivity index (χ3v) is 13.6. The Balaban J connectivity index is 0.915. The molecule has 2 atom stereocenters. The molecule has 0 spiro atoms. The molecule has 6 nitrogen and oxygen atoms in total. The highest BCUT2D eigenvalue weighted by atomic mass is 15.3. The van der Waals surface area contributed by atoms with Crippen LogP contribution in [0.1, 0.15) is 11.5 Å². The van der Waals surface area contributed by atoms with E-state index in [0.717, 1.165) is 56.5 Å².